The van der Waals surface area contributed by atoms with Crippen LogP contribution in [0.4, 0.5) is 0 Å². The average molecular weight is 96.1 g/mol. The van der Waals surface area contributed by atoms with Crippen LogP contribution in [0, 0.1) is 0 Å². The highest BCUT2D eigenvalue weighted by Gasteiger charge is 2.34. The molecule has 0 atom stereocenters. The van der Waals surface area contributed by atoms with Crippen LogP contribution in [-0.2, 0) is 8.67 Å². The van der Waals surface area contributed by atoms with Crippen LogP contribution in [0.3, 0.4) is 0 Å². The SMILES string of the molecule is CS1(O)OO1. The molecule has 1 saturated heterocycles. The molecule has 0 radical (unpaired) electrons. The van der Waals surface area contributed by atoms with Crippen molar-refractivity contribution in [2.75, 3.05) is 6.26 Å². The van der Waals surface area contributed by atoms with Gasteiger partial charge < -0.3 is 4.55 Å². The van der Waals surface area contributed by atoms with E-state index in [1.807, 2.05) is 0 Å². The predicted octanol–water partition coefficient (Wildman–Crippen LogP) is 0.686. The first-order valence-electron chi connectivity index (χ1n) is 1.09. The van der Waals surface area contributed by atoms with Crippen LogP contribution in [-0.4, -0.2) is 10.8 Å². The zero-order valence-electron chi connectivity index (χ0n) is 2.67. The first kappa shape index (κ1) is 3.42. The van der Waals surface area contributed by atoms with Crippen molar-refractivity contribution in [1.82, 2.24) is 0 Å². The Morgan fingerprint density at radius 1 is 1.60 bits per heavy atom. The second-order valence-corrected chi connectivity index (χ2v) is 2.61. The molecule has 1 heterocycles. The molecular weight excluding hydrogens is 92.1 g/mol. The van der Waals surface area contributed by atoms with E-state index < -0.39 is 10.9 Å². The van der Waals surface area contributed by atoms with Crippen LogP contribution < -0.4 is 0 Å². The molecular formula is CH4O3S. The fourth-order valence-corrected chi connectivity index (χ4v) is 0.362. The van der Waals surface area contributed by atoms with Gasteiger partial charge in [0.05, 0.1) is 0 Å². The van der Waals surface area contributed by atoms with E-state index in [0.29, 0.717) is 0 Å². The molecule has 1 fully saturated rings. The third-order valence-corrected chi connectivity index (χ3v) is 0.795. The summed E-state index contributed by atoms with van der Waals surface area (Å²) in [4.78, 5) is 0. The minimum absolute atomic E-state index is 1.49. The lowest BCUT2D eigenvalue weighted by Gasteiger charge is -1.80. The molecule has 1 rings (SSSR count). The Labute approximate surface area is 31.4 Å². The van der Waals surface area contributed by atoms with Gasteiger partial charge in [-0.15, -0.1) is 8.67 Å². The van der Waals surface area contributed by atoms with E-state index in [-0.39, 0.29) is 0 Å². The van der Waals surface area contributed by atoms with Gasteiger partial charge in [0.15, 0.2) is 0 Å². The van der Waals surface area contributed by atoms with Gasteiger partial charge in [0.25, 0.3) is 0 Å². The highest BCUT2D eigenvalue weighted by molar-refractivity contribution is 8.23. The zero-order valence-corrected chi connectivity index (χ0v) is 3.49. The van der Waals surface area contributed by atoms with Crippen molar-refractivity contribution in [3.8, 4) is 0 Å². The molecule has 0 spiro atoms. The fourth-order valence-electron chi connectivity index (χ4n) is 0.0402. The molecule has 0 aliphatic carbocycles. The van der Waals surface area contributed by atoms with Crippen LogP contribution in [0.15, 0.2) is 0 Å². The van der Waals surface area contributed by atoms with Crippen molar-refractivity contribution >= 4 is 10.9 Å². The Kier molecular flexibility index (Phi) is 0.446. The second-order valence-electron chi connectivity index (χ2n) is 0.869. The molecule has 1 N–H and O–H groups in total. The van der Waals surface area contributed by atoms with E-state index in [2.05, 4.69) is 8.67 Å². The normalized spacial score (nSPS) is 36.4. The van der Waals surface area contributed by atoms with Crippen molar-refractivity contribution in [3.63, 3.8) is 0 Å². The van der Waals surface area contributed by atoms with Gasteiger partial charge in [-0.05, 0) is 0 Å². The number of rotatable bonds is 0. The van der Waals surface area contributed by atoms with Crippen LogP contribution in [0.5, 0.6) is 0 Å². The lowest BCUT2D eigenvalue weighted by molar-refractivity contribution is 0.0850. The van der Waals surface area contributed by atoms with Gasteiger partial charge in [-0.2, -0.15) is 0 Å². The third-order valence-electron chi connectivity index (χ3n) is 0.265. The summed E-state index contributed by atoms with van der Waals surface area (Å²) in [6.07, 6.45) is 1.49. The van der Waals surface area contributed by atoms with Gasteiger partial charge in [-0.25, -0.2) is 0 Å². The lowest BCUT2D eigenvalue weighted by Crippen LogP contribution is -1.61. The van der Waals surface area contributed by atoms with E-state index in [9.17, 15) is 0 Å². The van der Waals surface area contributed by atoms with Crippen molar-refractivity contribution in [1.29, 1.82) is 0 Å². The van der Waals surface area contributed by atoms with Gasteiger partial charge in [-0.1, -0.05) is 0 Å². The van der Waals surface area contributed by atoms with Gasteiger partial charge in [-0.3, -0.25) is 0 Å². The Balaban J connectivity index is 2.38. The summed E-state index contributed by atoms with van der Waals surface area (Å²) in [6, 6.07) is 0. The topological polar surface area (TPSA) is 45.3 Å². The molecule has 0 bridgehead atoms. The zero-order chi connectivity index (χ0) is 3.91. The van der Waals surface area contributed by atoms with Crippen LogP contribution in [0.25, 0.3) is 0 Å². The molecule has 1 aliphatic heterocycles. The van der Waals surface area contributed by atoms with Crippen molar-refractivity contribution < 1.29 is 13.2 Å². The van der Waals surface area contributed by atoms with Gasteiger partial charge in [0.1, 0.15) is 10.9 Å². The van der Waals surface area contributed by atoms with E-state index in [0.717, 1.165) is 0 Å². The largest absolute Gasteiger partial charge is 0.304 e. The number of hydrogen-bond acceptors (Lipinski definition) is 3. The molecule has 4 heteroatoms. The second kappa shape index (κ2) is 0.652. The first-order valence-corrected chi connectivity index (χ1v) is 2.94. The lowest BCUT2D eigenvalue weighted by atomic mass is 12.0. The van der Waals surface area contributed by atoms with E-state index in [4.69, 9.17) is 4.55 Å². The van der Waals surface area contributed by atoms with E-state index in [1.54, 1.807) is 0 Å². The highest BCUT2D eigenvalue weighted by Crippen LogP contribution is 2.58. The fraction of sp³-hybridized carbons (Fsp3) is 1.00. The van der Waals surface area contributed by atoms with Crippen molar-refractivity contribution in [2.24, 2.45) is 0 Å². The molecule has 5 heavy (non-hydrogen) atoms. The molecule has 0 aromatic heterocycles. The standard InChI is InChI=1S/CH4O3S/c1-5(2)3-4-5/h2H,1H3. The quantitative estimate of drug-likeness (QED) is 0.356. The molecule has 32 valence electrons. The summed E-state index contributed by atoms with van der Waals surface area (Å²) in [6.45, 7) is 0. The smallest absolute Gasteiger partial charge is 0.148 e. The maximum absolute atomic E-state index is 8.27. The first-order chi connectivity index (χ1) is 2.21. The molecule has 0 aromatic rings. The monoisotopic (exact) mass is 96.0 g/mol. The summed E-state index contributed by atoms with van der Waals surface area (Å²) < 4.78 is 16.3. The predicted molar refractivity (Wildman–Crippen MR) is 18.3 cm³/mol. The Morgan fingerprint density at radius 2 is 1.80 bits per heavy atom. The van der Waals surface area contributed by atoms with E-state index >= 15 is 0 Å². The Morgan fingerprint density at radius 3 is 1.80 bits per heavy atom. The maximum Gasteiger partial charge on any atom is 0.148 e. The van der Waals surface area contributed by atoms with Crippen LogP contribution >= 0.6 is 10.9 Å². The Hall–Kier alpha value is 0.230. The highest BCUT2D eigenvalue weighted by atomic mass is 32.3. The molecule has 0 unspecified atom stereocenters. The molecule has 0 amide bonds. The van der Waals surface area contributed by atoms with Gasteiger partial charge in [0, 0.05) is 6.26 Å². The van der Waals surface area contributed by atoms with Gasteiger partial charge in [0.2, 0.25) is 0 Å². The van der Waals surface area contributed by atoms with Crippen LogP contribution in [0.1, 0.15) is 0 Å². The Bertz CT molecular complexity index is 44.9. The van der Waals surface area contributed by atoms with Crippen LogP contribution in [0.2, 0.25) is 0 Å². The summed E-state index contributed by atoms with van der Waals surface area (Å²) in [7, 11) is -1.92. The molecule has 1 aliphatic rings. The van der Waals surface area contributed by atoms with Crippen molar-refractivity contribution in [2.45, 2.75) is 0 Å². The van der Waals surface area contributed by atoms with Gasteiger partial charge >= 0.3 is 0 Å². The minimum atomic E-state index is -1.92. The number of hydrogen-bond donors (Lipinski definition) is 1. The average Bonchev–Trinajstić information content (AvgIpc) is 1.76. The van der Waals surface area contributed by atoms with Crippen molar-refractivity contribution in [3.05, 3.63) is 0 Å². The maximum atomic E-state index is 8.27. The molecule has 3 nitrogen and oxygen atoms in total. The van der Waals surface area contributed by atoms with E-state index in [1.165, 1.54) is 6.26 Å². The summed E-state index contributed by atoms with van der Waals surface area (Å²) >= 11 is 0. The summed E-state index contributed by atoms with van der Waals surface area (Å²) in [5, 5.41) is 0. The summed E-state index contributed by atoms with van der Waals surface area (Å²) in [5.41, 5.74) is 0. The molecule has 0 aromatic carbocycles. The summed E-state index contributed by atoms with van der Waals surface area (Å²) in [5.74, 6) is 0. The molecule has 0 saturated carbocycles. The minimum Gasteiger partial charge on any atom is -0.304 e. The third kappa shape index (κ3) is 0.769.